The van der Waals surface area contributed by atoms with E-state index in [0.717, 1.165) is 25.9 Å². The highest BCUT2D eigenvalue weighted by Crippen LogP contribution is 2.22. The number of carbonyl (C=O) groups excluding carboxylic acids is 2. The van der Waals surface area contributed by atoms with E-state index in [1.54, 1.807) is 0 Å². The van der Waals surface area contributed by atoms with Gasteiger partial charge < -0.3 is 16.0 Å². The van der Waals surface area contributed by atoms with Crippen molar-refractivity contribution in [2.45, 2.75) is 51.5 Å². The third kappa shape index (κ3) is 7.04. The molecule has 0 aromatic heterocycles. The third-order valence-corrected chi connectivity index (χ3v) is 4.35. The second kappa shape index (κ2) is 9.78. The fourth-order valence-corrected chi connectivity index (χ4v) is 2.78. The van der Waals surface area contributed by atoms with Crippen LogP contribution in [0.5, 0.6) is 0 Å². The third-order valence-electron chi connectivity index (χ3n) is 4.35. The summed E-state index contributed by atoms with van der Waals surface area (Å²) in [6.45, 7) is 8.68. The smallest absolute Gasteiger partial charge is 0.251 e. The Morgan fingerprint density at radius 3 is 2.28 bits per heavy atom. The molecule has 1 aromatic rings. The molecule has 0 radical (unpaired) electrons. The second-order valence-corrected chi connectivity index (χ2v) is 7.43. The summed E-state index contributed by atoms with van der Waals surface area (Å²) in [6.07, 6.45) is 2.26. The molecule has 2 rings (SSSR count). The van der Waals surface area contributed by atoms with Crippen molar-refractivity contribution in [1.82, 2.24) is 16.0 Å². The molecule has 1 aliphatic rings. The predicted octanol–water partition coefficient (Wildman–Crippen LogP) is 2.39. The molecule has 1 fully saturated rings. The number of hydrogen-bond donors (Lipinski definition) is 3. The van der Waals surface area contributed by atoms with Crippen molar-refractivity contribution in [3.8, 4) is 0 Å². The van der Waals surface area contributed by atoms with E-state index in [2.05, 4.69) is 36.7 Å². The maximum absolute atomic E-state index is 12.1. The minimum atomic E-state index is -0.134. The van der Waals surface area contributed by atoms with Crippen LogP contribution in [-0.4, -0.2) is 37.5 Å². The second-order valence-electron chi connectivity index (χ2n) is 7.43. The molecule has 3 N–H and O–H groups in total. The Hall–Kier alpha value is -1.59. The Balaban J connectivity index is 0.00000312. The van der Waals surface area contributed by atoms with E-state index < -0.39 is 0 Å². The summed E-state index contributed by atoms with van der Waals surface area (Å²) in [7, 11) is 0. The highest BCUT2D eigenvalue weighted by Gasteiger charge is 2.16. The summed E-state index contributed by atoms with van der Waals surface area (Å²) >= 11 is 0. The molecule has 0 saturated carbocycles. The van der Waals surface area contributed by atoms with E-state index in [4.69, 9.17) is 0 Å². The minimum absolute atomic E-state index is 0. The fraction of sp³-hybridized carbons (Fsp3) is 0.579. The molecule has 1 aliphatic heterocycles. The van der Waals surface area contributed by atoms with Gasteiger partial charge in [0.1, 0.15) is 0 Å². The highest BCUT2D eigenvalue weighted by molar-refractivity contribution is 5.94. The van der Waals surface area contributed by atoms with Gasteiger partial charge in [-0.2, -0.15) is 0 Å². The zero-order chi connectivity index (χ0) is 17.6. The fourth-order valence-electron chi connectivity index (χ4n) is 2.78. The van der Waals surface area contributed by atoms with E-state index >= 15 is 0 Å². The molecule has 6 heteroatoms. The Bertz CT molecular complexity index is 561. The molecule has 25 heavy (non-hydrogen) atoms. The van der Waals surface area contributed by atoms with Crippen LogP contribution in [-0.2, 0) is 10.2 Å². The average Bonchev–Trinajstić information content (AvgIpc) is 2.55. The zero-order valence-corrected chi connectivity index (χ0v) is 16.2. The SMILES string of the molecule is CC(C)(C)c1ccc(C(=O)NCCC(=O)NC2CCNCC2)cc1.Cl. The molecule has 0 atom stereocenters. The lowest BCUT2D eigenvalue weighted by Crippen LogP contribution is -2.43. The number of carbonyl (C=O) groups is 2. The van der Waals surface area contributed by atoms with E-state index in [1.807, 2.05) is 24.3 Å². The Kier molecular flexibility index (Phi) is 8.39. The van der Waals surface area contributed by atoms with Gasteiger partial charge in [0.05, 0.1) is 0 Å². The van der Waals surface area contributed by atoms with Crippen LogP contribution in [0.2, 0.25) is 0 Å². The number of piperidine rings is 1. The van der Waals surface area contributed by atoms with Gasteiger partial charge in [0.15, 0.2) is 0 Å². The van der Waals surface area contributed by atoms with Gasteiger partial charge in [0.2, 0.25) is 5.91 Å². The first kappa shape index (κ1) is 21.5. The standard InChI is InChI=1S/C19H29N3O2.ClH/c1-19(2,3)15-6-4-14(5-7-15)18(24)21-13-10-17(23)22-16-8-11-20-12-9-16;/h4-7,16,20H,8-13H2,1-3H3,(H,21,24)(H,22,23);1H. The van der Waals surface area contributed by atoms with Crippen molar-refractivity contribution in [3.63, 3.8) is 0 Å². The normalized spacial score (nSPS) is 15.2. The summed E-state index contributed by atoms with van der Waals surface area (Å²) < 4.78 is 0. The molecule has 1 saturated heterocycles. The first-order valence-corrected chi connectivity index (χ1v) is 8.75. The van der Waals surface area contributed by atoms with E-state index in [1.165, 1.54) is 5.56 Å². The molecule has 1 heterocycles. The van der Waals surface area contributed by atoms with E-state index in [0.29, 0.717) is 18.5 Å². The largest absolute Gasteiger partial charge is 0.353 e. The summed E-state index contributed by atoms with van der Waals surface area (Å²) in [5, 5.41) is 9.11. The maximum atomic E-state index is 12.1. The van der Waals surface area contributed by atoms with Crippen LogP contribution in [0.1, 0.15) is 56.0 Å². The molecular formula is C19H30ClN3O2. The quantitative estimate of drug-likeness (QED) is 0.748. The summed E-state index contributed by atoms with van der Waals surface area (Å²) in [4.78, 5) is 24.0. The number of hydrogen-bond acceptors (Lipinski definition) is 3. The number of halogens is 1. The Morgan fingerprint density at radius 2 is 1.72 bits per heavy atom. The molecule has 1 aromatic carbocycles. The molecule has 2 amide bonds. The van der Waals surface area contributed by atoms with Crippen molar-refractivity contribution in [2.24, 2.45) is 0 Å². The molecule has 0 bridgehead atoms. The lowest BCUT2D eigenvalue weighted by Gasteiger charge is -2.23. The van der Waals surface area contributed by atoms with E-state index in [9.17, 15) is 9.59 Å². The Labute approximate surface area is 156 Å². The summed E-state index contributed by atoms with van der Waals surface area (Å²) in [5.74, 6) is -0.129. The molecule has 0 aliphatic carbocycles. The van der Waals surface area contributed by atoms with Crippen molar-refractivity contribution in [3.05, 3.63) is 35.4 Å². The number of nitrogens with one attached hydrogen (secondary N) is 3. The van der Waals surface area contributed by atoms with Crippen LogP contribution in [0.4, 0.5) is 0 Å². The monoisotopic (exact) mass is 367 g/mol. The first-order valence-electron chi connectivity index (χ1n) is 8.75. The summed E-state index contributed by atoms with van der Waals surface area (Å²) in [5.41, 5.74) is 1.89. The van der Waals surface area contributed by atoms with Crippen LogP contribution in [0.15, 0.2) is 24.3 Å². The minimum Gasteiger partial charge on any atom is -0.353 e. The molecule has 140 valence electrons. The van der Waals surface area contributed by atoms with Gasteiger partial charge in [-0.25, -0.2) is 0 Å². The van der Waals surface area contributed by atoms with Crippen molar-refractivity contribution >= 4 is 24.2 Å². The molecule has 0 spiro atoms. The molecular weight excluding hydrogens is 338 g/mol. The van der Waals surface area contributed by atoms with Crippen molar-refractivity contribution < 1.29 is 9.59 Å². The van der Waals surface area contributed by atoms with Crippen molar-refractivity contribution in [1.29, 1.82) is 0 Å². The topological polar surface area (TPSA) is 70.2 Å². The van der Waals surface area contributed by atoms with Gasteiger partial charge in [-0.1, -0.05) is 32.9 Å². The van der Waals surface area contributed by atoms with Gasteiger partial charge in [0, 0.05) is 24.6 Å². The van der Waals surface area contributed by atoms with Gasteiger partial charge in [-0.15, -0.1) is 12.4 Å². The van der Waals surface area contributed by atoms with Crippen LogP contribution < -0.4 is 16.0 Å². The van der Waals surface area contributed by atoms with Crippen LogP contribution >= 0.6 is 12.4 Å². The number of benzene rings is 1. The number of rotatable bonds is 5. The lowest BCUT2D eigenvalue weighted by atomic mass is 9.87. The van der Waals surface area contributed by atoms with Gasteiger partial charge in [-0.05, 0) is 49.0 Å². The van der Waals surface area contributed by atoms with E-state index in [-0.39, 0.29) is 35.7 Å². The zero-order valence-electron chi connectivity index (χ0n) is 15.4. The average molecular weight is 368 g/mol. The predicted molar refractivity (Wildman–Crippen MR) is 103 cm³/mol. The highest BCUT2D eigenvalue weighted by atomic mass is 35.5. The van der Waals surface area contributed by atoms with Crippen LogP contribution in [0.25, 0.3) is 0 Å². The molecule has 0 unspecified atom stereocenters. The van der Waals surface area contributed by atoms with Gasteiger partial charge in [0.25, 0.3) is 5.91 Å². The van der Waals surface area contributed by atoms with Crippen LogP contribution in [0.3, 0.4) is 0 Å². The summed E-state index contributed by atoms with van der Waals surface area (Å²) in [6, 6.07) is 7.91. The van der Waals surface area contributed by atoms with Crippen molar-refractivity contribution in [2.75, 3.05) is 19.6 Å². The Morgan fingerprint density at radius 1 is 1.12 bits per heavy atom. The van der Waals surface area contributed by atoms with Crippen LogP contribution in [0, 0.1) is 0 Å². The number of amides is 2. The first-order chi connectivity index (χ1) is 11.4. The van der Waals surface area contributed by atoms with Gasteiger partial charge >= 0.3 is 0 Å². The molecule has 5 nitrogen and oxygen atoms in total. The lowest BCUT2D eigenvalue weighted by molar-refractivity contribution is -0.121. The maximum Gasteiger partial charge on any atom is 0.251 e. The van der Waals surface area contributed by atoms with Gasteiger partial charge in [-0.3, -0.25) is 9.59 Å².